The molecule has 0 saturated heterocycles. The first kappa shape index (κ1) is 20.6. The molecule has 0 unspecified atom stereocenters. The first-order valence-corrected chi connectivity index (χ1v) is 11.3. The number of rotatable bonds is 4. The molecule has 4 rings (SSSR count). The molecule has 1 fully saturated rings. The van der Waals surface area contributed by atoms with Gasteiger partial charge in [0.25, 0.3) is 5.91 Å². The Morgan fingerprint density at radius 2 is 1.93 bits per heavy atom. The second-order valence-corrected chi connectivity index (χ2v) is 9.61. The Bertz CT molecular complexity index is 1110. The number of hydrogen-bond donors (Lipinski definition) is 0. The molecule has 0 radical (unpaired) electrons. The van der Waals surface area contributed by atoms with Gasteiger partial charge in [-0.15, -0.1) is 0 Å². The maximum atomic E-state index is 13.2. The van der Waals surface area contributed by atoms with Crippen LogP contribution in [0.15, 0.2) is 35.4 Å². The molecule has 10 heteroatoms. The Balaban J connectivity index is 1.64. The van der Waals surface area contributed by atoms with Crippen LogP contribution in [0.2, 0.25) is 0 Å². The van der Waals surface area contributed by atoms with Gasteiger partial charge >= 0.3 is 6.18 Å². The highest BCUT2D eigenvalue weighted by atomic mass is 32.2. The quantitative estimate of drug-likeness (QED) is 0.726. The van der Waals surface area contributed by atoms with Gasteiger partial charge in [-0.25, -0.2) is 8.42 Å². The maximum absolute atomic E-state index is 13.2. The summed E-state index contributed by atoms with van der Waals surface area (Å²) in [5.41, 5.74) is -0.0895. The SMILES string of the molecule is CS(=O)(=O)c1ccc(OC2CCC2)c(C(=O)N2Cc3cc(C(F)(F)F)cnc3C2)c1. The second-order valence-electron chi connectivity index (χ2n) is 7.59. The molecule has 1 aliphatic carbocycles. The Morgan fingerprint density at radius 3 is 2.53 bits per heavy atom. The zero-order valence-corrected chi connectivity index (χ0v) is 16.9. The molecule has 1 aromatic heterocycles. The molecule has 0 bridgehead atoms. The summed E-state index contributed by atoms with van der Waals surface area (Å²) in [5, 5.41) is 0. The molecule has 0 N–H and O–H groups in total. The molecule has 1 aromatic carbocycles. The lowest BCUT2D eigenvalue weighted by atomic mass is 9.96. The highest BCUT2D eigenvalue weighted by molar-refractivity contribution is 7.90. The number of sulfone groups is 1. The van der Waals surface area contributed by atoms with E-state index in [1.807, 2.05) is 0 Å². The van der Waals surface area contributed by atoms with Crippen molar-refractivity contribution in [3.63, 3.8) is 0 Å². The smallest absolute Gasteiger partial charge is 0.417 e. The Kier molecular flexibility index (Phi) is 5.00. The Hall–Kier alpha value is -2.62. The van der Waals surface area contributed by atoms with Crippen molar-refractivity contribution in [2.75, 3.05) is 6.26 Å². The number of pyridine rings is 1. The van der Waals surface area contributed by atoms with Crippen LogP contribution >= 0.6 is 0 Å². The van der Waals surface area contributed by atoms with Crippen molar-refractivity contribution < 1.29 is 31.1 Å². The largest absolute Gasteiger partial charge is 0.490 e. The summed E-state index contributed by atoms with van der Waals surface area (Å²) in [6, 6.07) is 5.11. The maximum Gasteiger partial charge on any atom is 0.417 e. The number of aromatic nitrogens is 1. The van der Waals surface area contributed by atoms with Crippen LogP contribution in [-0.2, 0) is 29.1 Å². The summed E-state index contributed by atoms with van der Waals surface area (Å²) in [5.74, 6) is -0.238. The van der Waals surface area contributed by atoms with E-state index in [1.165, 1.54) is 23.1 Å². The van der Waals surface area contributed by atoms with Gasteiger partial charge in [0.05, 0.1) is 34.4 Å². The van der Waals surface area contributed by atoms with Gasteiger partial charge in [-0.1, -0.05) is 0 Å². The van der Waals surface area contributed by atoms with Gasteiger partial charge in [0.2, 0.25) is 0 Å². The molecular weight excluding hydrogens is 421 g/mol. The van der Waals surface area contributed by atoms with Crippen molar-refractivity contribution in [2.24, 2.45) is 0 Å². The van der Waals surface area contributed by atoms with Gasteiger partial charge in [-0.3, -0.25) is 9.78 Å². The fourth-order valence-electron chi connectivity index (χ4n) is 3.41. The molecule has 2 heterocycles. The summed E-state index contributed by atoms with van der Waals surface area (Å²) in [7, 11) is -3.56. The molecule has 2 aromatic rings. The highest BCUT2D eigenvalue weighted by Gasteiger charge is 2.35. The zero-order chi connectivity index (χ0) is 21.7. The van der Waals surface area contributed by atoms with Gasteiger partial charge in [-0.05, 0) is 49.1 Å². The third-order valence-corrected chi connectivity index (χ3v) is 6.44. The number of alkyl halides is 3. The van der Waals surface area contributed by atoms with Crippen molar-refractivity contribution in [2.45, 2.75) is 49.5 Å². The van der Waals surface area contributed by atoms with Crippen LogP contribution in [0.25, 0.3) is 0 Å². The molecule has 0 spiro atoms. The standard InChI is InChI=1S/C20H19F3N2O4S/c1-30(27,28)15-5-6-18(29-14-3-2-4-14)16(8-15)19(26)25-10-12-7-13(20(21,22)23)9-24-17(12)11-25/h5-9,14H,2-4,10-11H2,1H3. The van der Waals surface area contributed by atoms with E-state index in [-0.39, 0.29) is 35.4 Å². The van der Waals surface area contributed by atoms with Crippen LogP contribution in [0, 0.1) is 0 Å². The van der Waals surface area contributed by atoms with E-state index in [4.69, 9.17) is 4.74 Å². The molecule has 0 atom stereocenters. The first-order chi connectivity index (χ1) is 14.0. The van der Waals surface area contributed by atoms with E-state index in [1.54, 1.807) is 0 Å². The molecule has 160 valence electrons. The number of hydrogen-bond acceptors (Lipinski definition) is 5. The monoisotopic (exact) mass is 440 g/mol. The summed E-state index contributed by atoms with van der Waals surface area (Å²) in [4.78, 5) is 18.4. The molecular formula is C20H19F3N2O4S. The topological polar surface area (TPSA) is 76.6 Å². The van der Waals surface area contributed by atoms with E-state index < -0.39 is 27.5 Å². The fraction of sp³-hybridized carbons (Fsp3) is 0.400. The number of nitrogens with zero attached hydrogens (tertiary/aromatic N) is 2. The van der Waals surface area contributed by atoms with Crippen LogP contribution in [0.3, 0.4) is 0 Å². The average molecular weight is 440 g/mol. The first-order valence-electron chi connectivity index (χ1n) is 9.37. The zero-order valence-electron chi connectivity index (χ0n) is 16.1. The summed E-state index contributed by atoms with van der Waals surface area (Å²) < 4.78 is 68.6. The van der Waals surface area contributed by atoms with Crippen LogP contribution in [0.1, 0.15) is 46.4 Å². The Morgan fingerprint density at radius 1 is 1.20 bits per heavy atom. The predicted molar refractivity (Wildman–Crippen MR) is 101 cm³/mol. The lowest BCUT2D eigenvalue weighted by Crippen LogP contribution is -2.29. The van der Waals surface area contributed by atoms with Gasteiger partial charge in [0.1, 0.15) is 5.75 Å². The minimum atomic E-state index is -4.52. The van der Waals surface area contributed by atoms with Crippen molar-refractivity contribution >= 4 is 15.7 Å². The molecule has 1 amide bonds. The number of ether oxygens (including phenoxy) is 1. The van der Waals surface area contributed by atoms with Crippen LogP contribution in [0.4, 0.5) is 13.2 Å². The van der Waals surface area contributed by atoms with Crippen molar-refractivity contribution in [3.05, 3.63) is 52.8 Å². The summed E-state index contributed by atoms with van der Waals surface area (Å²) in [6.07, 6.45) is -0.0505. The molecule has 1 saturated carbocycles. The number of halogens is 3. The number of amides is 1. The van der Waals surface area contributed by atoms with Crippen LogP contribution < -0.4 is 4.74 Å². The van der Waals surface area contributed by atoms with Crippen LogP contribution in [-0.4, -0.2) is 36.6 Å². The average Bonchev–Trinajstić information content (AvgIpc) is 3.06. The lowest BCUT2D eigenvalue weighted by Gasteiger charge is -2.28. The normalized spacial score (nSPS) is 16.9. The van der Waals surface area contributed by atoms with E-state index in [9.17, 15) is 26.4 Å². The van der Waals surface area contributed by atoms with Gasteiger partial charge in [0.15, 0.2) is 9.84 Å². The lowest BCUT2D eigenvalue weighted by molar-refractivity contribution is -0.137. The van der Waals surface area contributed by atoms with E-state index in [0.717, 1.165) is 37.8 Å². The van der Waals surface area contributed by atoms with Crippen molar-refractivity contribution in [1.82, 2.24) is 9.88 Å². The van der Waals surface area contributed by atoms with Gasteiger partial charge in [-0.2, -0.15) is 13.2 Å². The van der Waals surface area contributed by atoms with Gasteiger partial charge in [0, 0.05) is 19.0 Å². The number of benzene rings is 1. The third kappa shape index (κ3) is 4.00. The second kappa shape index (κ2) is 7.26. The molecule has 30 heavy (non-hydrogen) atoms. The van der Waals surface area contributed by atoms with Crippen LogP contribution in [0.5, 0.6) is 5.75 Å². The number of fused-ring (bicyclic) bond motifs is 1. The summed E-state index contributed by atoms with van der Waals surface area (Å²) in [6.45, 7) is -0.00463. The minimum absolute atomic E-state index is 0.0268. The number of carbonyl (C=O) groups is 1. The van der Waals surface area contributed by atoms with E-state index in [2.05, 4.69) is 4.98 Å². The molecule has 6 nitrogen and oxygen atoms in total. The Labute approximate surface area is 171 Å². The third-order valence-electron chi connectivity index (χ3n) is 5.33. The highest BCUT2D eigenvalue weighted by Crippen LogP contribution is 2.34. The predicted octanol–water partition coefficient (Wildman–Crippen LogP) is 3.59. The van der Waals surface area contributed by atoms with Crippen molar-refractivity contribution in [3.8, 4) is 5.75 Å². The minimum Gasteiger partial charge on any atom is -0.490 e. The van der Waals surface area contributed by atoms with E-state index >= 15 is 0 Å². The summed E-state index contributed by atoms with van der Waals surface area (Å²) >= 11 is 0. The number of carbonyl (C=O) groups excluding carboxylic acids is 1. The van der Waals surface area contributed by atoms with Gasteiger partial charge < -0.3 is 9.64 Å². The fourth-order valence-corrected chi connectivity index (χ4v) is 4.05. The van der Waals surface area contributed by atoms with Crippen molar-refractivity contribution in [1.29, 1.82) is 0 Å². The van der Waals surface area contributed by atoms with E-state index in [0.29, 0.717) is 11.3 Å². The molecule has 2 aliphatic rings. The molecule has 1 aliphatic heterocycles.